The molecule has 0 radical (unpaired) electrons. The Kier molecular flexibility index (Phi) is 5.69. The summed E-state index contributed by atoms with van der Waals surface area (Å²) in [7, 11) is 0. The Morgan fingerprint density at radius 3 is 1.56 bits per heavy atom. The zero-order chi connectivity index (χ0) is 29.8. The number of nitrogens with zero attached hydrogens (tertiary/aromatic N) is 4. The molecule has 9 rings (SSSR count). The SMILES string of the molecule is c1ccc(N(c2ccccc2)c2ccc3c(c2)C2(c4ccccc4N3c3ccccc3)c3cccnc3-c3ncccc32)cc1. The standard InChI is InChI=1S/C41H28N4/c1-4-14-29(15-5-1)44(30-16-6-2-7-17-30)32-24-25-38-36(28-32)41(34-21-12-26-42-39(34)40-35(41)22-13-27-43-40)33-20-10-11-23-37(33)45(38)31-18-8-3-9-19-31/h1-28H. The lowest BCUT2D eigenvalue weighted by molar-refractivity contribution is 0.749. The molecular weight excluding hydrogens is 548 g/mol. The predicted molar refractivity (Wildman–Crippen MR) is 182 cm³/mol. The van der Waals surface area contributed by atoms with E-state index >= 15 is 0 Å². The smallest absolute Gasteiger partial charge is 0.0937 e. The molecule has 212 valence electrons. The Balaban J connectivity index is 1.41. The van der Waals surface area contributed by atoms with Crippen LogP contribution in [0.1, 0.15) is 22.3 Å². The quantitative estimate of drug-likeness (QED) is 0.209. The zero-order valence-electron chi connectivity index (χ0n) is 24.5. The summed E-state index contributed by atoms with van der Waals surface area (Å²) in [6.07, 6.45) is 3.76. The highest BCUT2D eigenvalue weighted by atomic mass is 15.2. The maximum absolute atomic E-state index is 4.94. The van der Waals surface area contributed by atoms with E-state index in [1.807, 2.05) is 12.4 Å². The summed E-state index contributed by atoms with van der Waals surface area (Å²) in [4.78, 5) is 14.6. The summed E-state index contributed by atoms with van der Waals surface area (Å²) in [5.74, 6) is 0. The van der Waals surface area contributed by atoms with E-state index in [4.69, 9.17) is 9.97 Å². The summed E-state index contributed by atoms with van der Waals surface area (Å²) in [6, 6.07) is 56.2. The van der Waals surface area contributed by atoms with Gasteiger partial charge in [0.05, 0.1) is 28.2 Å². The maximum Gasteiger partial charge on any atom is 0.0937 e. The first kappa shape index (κ1) is 25.5. The van der Waals surface area contributed by atoms with Crippen LogP contribution in [0.3, 0.4) is 0 Å². The predicted octanol–water partition coefficient (Wildman–Crippen LogP) is 10.1. The van der Waals surface area contributed by atoms with E-state index in [1.165, 1.54) is 11.1 Å². The third-order valence-corrected chi connectivity index (χ3v) is 9.12. The van der Waals surface area contributed by atoms with Gasteiger partial charge in [0.1, 0.15) is 0 Å². The Labute approximate surface area is 262 Å². The van der Waals surface area contributed by atoms with E-state index in [0.717, 1.165) is 56.6 Å². The first-order valence-electron chi connectivity index (χ1n) is 15.3. The van der Waals surface area contributed by atoms with Gasteiger partial charge >= 0.3 is 0 Å². The fraction of sp³-hybridized carbons (Fsp3) is 0.0244. The number of fused-ring (bicyclic) bond motifs is 9. The van der Waals surface area contributed by atoms with E-state index in [9.17, 15) is 0 Å². The Morgan fingerprint density at radius 1 is 0.422 bits per heavy atom. The molecule has 0 N–H and O–H groups in total. The molecule has 0 bridgehead atoms. The Bertz CT molecular complexity index is 2090. The lowest BCUT2D eigenvalue weighted by Crippen LogP contribution is -2.36. The number of para-hydroxylation sites is 4. The minimum Gasteiger partial charge on any atom is -0.310 e. The fourth-order valence-corrected chi connectivity index (χ4v) is 7.39. The normalized spacial score (nSPS) is 13.5. The monoisotopic (exact) mass is 576 g/mol. The third-order valence-electron chi connectivity index (χ3n) is 9.12. The average Bonchev–Trinajstić information content (AvgIpc) is 3.41. The number of hydrogen-bond donors (Lipinski definition) is 0. The fourth-order valence-electron chi connectivity index (χ4n) is 7.39. The van der Waals surface area contributed by atoms with E-state index in [2.05, 4.69) is 168 Å². The van der Waals surface area contributed by atoms with Crippen molar-refractivity contribution in [3.8, 4) is 11.4 Å². The van der Waals surface area contributed by atoms with E-state index in [0.29, 0.717) is 0 Å². The second-order valence-electron chi connectivity index (χ2n) is 11.4. The van der Waals surface area contributed by atoms with Crippen LogP contribution in [-0.2, 0) is 5.41 Å². The molecule has 1 aliphatic carbocycles. The molecule has 3 heterocycles. The Morgan fingerprint density at radius 2 is 0.933 bits per heavy atom. The molecule has 0 saturated heterocycles. The highest BCUT2D eigenvalue weighted by Crippen LogP contribution is 2.63. The molecule has 1 spiro atoms. The van der Waals surface area contributed by atoms with Crippen LogP contribution in [0.5, 0.6) is 0 Å². The van der Waals surface area contributed by atoms with Gasteiger partial charge in [0.2, 0.25) is 0 Å². The van der Waals surface area contributed by atoms with Crippen LogP contribution in [0, 0.1) is 0 Å². The number of anilines is 6. The molecule has 2 aromatic heterocycles. The first-order valence-corrected chi connectivity index (χ1v) is 15.3. The number of rotatable bonds is 4. The molecular formula is C41H28N4. The van der Waals surface area contributed by atoms with Gasteiger partial charge in [0.15, 0.2) is 0 Å². The van der Waals surface area contributed by atoms with Crippen LogP contribution in [0.4, 0.5) is 34.1 Å². The second-order valence-corrected chi connectivity index (χ2v) is 11.4. The molecule has 4 nitrogen and oxygen atoms in total. The van der Waals surface area contributed by atoms with Gasteiger partial charge in [-0.15, -0.1) is 0 Å². The summed E-state index contributed by atoms with van der Waals surface area (Å²) in [5, 5.41) is 0. The minimum absolute atomic E-state index is 0.612. The lowest BCUT2D eigenvalue weighted by Gasteiger charge is -2.45. The molecule has 0 atom stereocenters. The molecule has 45 heavy (non-hydrogen) atoms. The van der Waals surface area contributed by atoms with E-state index in [-0.39, 0.29) is 0 Å². The highest BCUT2D eigenvalue weighted by molar-refractivity contribution is 5.95. The van der Waals surface area contributed by atoms with Crippen molar-refractivity contribution < 1.29 is 0 Å². The van der Waals surface area contributed by atoms with Crippen LogP contribution in [0.25, 0.3) is 11.4 Å². The van der Waals surface area contributed by atoms with Crippen molar-refractivity contribution in [3.63, 3.8) is 0 Å². The Hall–Kier alpha value is -6.00. The van der Waals surface area contributed by atoms with Gasteiger partial charge in [0.25, 0.3) is 0 Å². The van der Waals surface area contributed by atoms with Crippen LogP contribution >= 0.6 is 0 Å². The topological polar surface area (TPSA) is 32.3 Å². The van der Waals surface area contributed by atoms with Crippen LogP contribution in [-0.4, -0.2) is 9.97 Å². The van der Waals surface area contributed by atoms with Crippen LogP contribution in [0.2, 0.25) is 0 Å². The molecule has 0 unspecified atom stereocenters. The number of hydrogen-bond acceptors (Lipinski definition) is 4. The van der Waals surface area contributed by atoms with Crippen molar-refractivity contribution in [1.82, 2.24) is 9.97 Å². The number of aromatic nitrogens is 2. The summed E-state index contributed by atoms with van der Waals surface area (Å²) >= 11 is 0. The molecule has 0 fully saturated rings. The average molecular weight is 577 g/mol. The molecule has 7 aromatic rings. The van der Waals surface area contributed by atoms with Crippen molar-refractivity contribution >= 4 is 34.1 Å². The summed E-state index contributed by atoms with van der Waals surface area (Å²) in [6.45, 7) is 0. The highest BCUT2D eigenvalue weighted by Gasteiger charge is 2.53. The van der Waals surface area contributed by atoms with Crippen molar-refractivity contribution in [3.05, 3.63) is 192 Å². The van der Waals surface area contributed by atoms with Gasteiger partial charge in [-0.2, -0.15) is 0 Å². The molecule has 4 heteroatoms. The first-order chi connectivity index (χ1) is 22.4. The van der Waals surface area contributed by atoms with Gasteiger partial charge in [-0.1, -0.05) is 84.9 Å². The van der Waals surface area contributed by atoms with Crippen molar-refractivity contribution in [2.24, 2.45) is 0 Å². The van der Waals surface area contributed by atoms with Crippen molar-refractivity contribution in [2.75, 3.05) is 9.80 Å². The van der Waals surface area contributed by atoms with Gasteiger partial charge in [-0.25, -0.2) is 0 Å². The van der Waals surface area contributed by atoms with E-state index in [1.54, 1.807) is 0 Å². The molecule has 5 aromatic carbocycles. The van der Waals surface area contributed by atoms with Gasteiger partial charge in [-0.3, -0.25) is 9.97 Å². The second kappa shape index (κ2) is 10.0. The van der Waals surface area contributed by atoms with E-state index < -0.39 is 5.41 Å². The number of benzene rings is 5. The van der Waals surface area contributed by atoms with Crippen molar-refractivity contribution in [2.45, 2.75) is 5.41 Å². The van der Waals surface area contributed by atoms with Crippen molar-refractivity contribution in [1.29, 1.82) is 0 Å². The van der Waals surface area contributed by atoms with Gasteiger partial charge < -0.3 is 9.80 Å². The summed E-state index contributed by atoms with van der Waals surface area (Å²) in [5.41, 5.74) is 12.7. The largest absolute Gasteiger partial charge is 0.310 e. The van der Waals surface area contributed by atoms with Gasteiger partial charge in [-0.05, 0) is 95.1 Å². The van der Waals surface area contributed by atoms with Crippen LogP contribution < -0.4 is 9.80 Å². The molecule has 0 amide bonds. The molecule has 2 aliphatic rings. The minimum atomic E-state index is -0.612. The zero-order valence-corrected chi connectivity index (χ0v) is 24.5. The summed E-state index contributed by atoms with van der Waals surface area (Å²) < 4.78 is 0. The van der Waals surface area contributed by atoms with Crippen LogP contribution in [0.15, 0.2) is 170 Å². The van der Waals surface area contributed by atoms with Gasteiger partial charge in [0, 0.05) is 35.1 Å². The lowest BCUT2D eigenvalue weighted by atomic mass is 9.65. The molecule has 1 aliphatic heterocycles. The number of pyridine rings is 2. The maximum atomic E-state index is 4.94. The third kappa shape index (κ3) is 3.66. The molecule has 0 saturated carbocycles.